The number of nitrogens with one attached hydrogen (secondary N) is 1. The van der Waals surface area contributed by atoms with Crippen LogP contribution in [-0.4, -0.2) is 16.1 Å². The zero-order valence-corrected chi connectivity index (χ0v) is 10.8. The van der Waals surface area contributed by atoms with Gasteiger partial charge in [-0.3, -0.25) is 4.79 Å². The molecule has 1 aromatic carbocycles. The highest BCUT2D eigenvalue weighted by atomic mass is 32.1. The van der Waals surface area contributed by atoms with E-state index in [0.29, 0.717) is 0 Å². The monoisotopic (exact) mass is 302 g/mol. The fraction of sp³-hybridized carbons (Fsp3) is 0.182. The molecule has 0 saturated carbocycles. The molecule has 0 fully saturated rings. The van der Waals surface area contributed by atoms with Crippen LogP contribution in [0.15, 0.2) is 24.3 Å². The standard InChI is InChI=1S/C11H9F3N4OS/c12-11(13,14)7-4-2-1-3-6(7)5-16-8(19)9-17-18-10(15)20-9/h1-4H,5H2,(H2,15,18)(H,16,19). The molecule has 0 aliphatic rings. The molecule has 0 unspecified atom stereocenters. The first-order valence-corrected chi connectivity index (χ1v) is 6.22. The van der Waals surface area contributed by atoms with Gasteiger partial charge in [-0.2, -0.15) is 13.2 Å². The Kier molecular flexibility index (Phi) is 3.89. The van der Waals surface area contributed by atoms with Gasteiger partial charge >= 0.3 is 6.18 Å². The van der Waals surface area contributed by atoms with Gasteiger partial charge in [0.15, 0.2) is 0 Å². The number of rotatable bonds is 3. The lowest BCUT2D eigenvalue weighted by Crippen LogP contribution is -2.24. The van der Waals surface area contributed by atoms with Crippen molar-refractivity contribution in [3.63, 3.8) is 0 Å². The van der Waals surface area contributed by atoms with Crippen molar-refractivity contribution in [3.8, 4) is 0 Å². The number of aromatic nitrogens is 2. The third-order valence-electron chi connectivity index (χ3n) is 2.40. The fourth-order valence-electron chi connectivity index (χ4n) is 1.53. The summed E-state index contributed by atoms with van der Waals surface area (Å²) < 4.78 is 38.2. The molecule has 20 heavy (non-hydrogen) atoms. The molecule has 5 nitrogen and oxygen atoms in total. The van der Waals surface area contributed by atoms with Gasteiger partial charge in [-0.15, -0.1) is 10.2 Å². The van der Waals surface area contributed by atoms with Crippen molar-refractivity contribution < 1.29 is 18.0 Å². The molecule has 1 amide bonds. The number of alkyl halides is 3. The van der Waals surface area contributed by atoms with Crippen molar-refractivity contribution in [2.45, 2.75) is 12.7 Å². The average molecular weight is 302 g/mol. The van der Waals surface area contributed by atoms with E-state index in [2.05, 4.69) is 15.5 Å². The minimum atomic E-state index is -4.46. The first kappa shape index (κ1) is 14.3. The van der Waals surface area contributed by atoms with Crippen LogP contribution in [0.25, 0.3) is 0 Å². The molecule has 0 radical (unpaired) electrons. The third-order valence-corrected chi connectivity index (χ3v) is 3.15. The Morgan fingerprint density at radius 1 is 1.30 bits per heavy atom. The molecular weight excluding hydrogens is 293 g/mol. The van der Waals surface area contributed by atoms with Crippen molar-refractivity contribution in [1.82, 2.24) is 15.5 Å². The van der Waals surface area contributed by atoms with Crippen LogP contribution in [0.4, 0.5) is 18.3 Å². The number of nitrogens with zero attached hydrogens (tertiary/aromatic N) is 2. The first-order chi connectivity index (χ1) is 9.38. The average Bonchev–Trinajstić information content (AvgIpc) is 2.82. The van der Waals surface area contributed by atoms with E-state index < -0.39 is 17.6 Å². The highest BCUT2D eigenvalue weighted by molar-refractivity contribution is 7.16. The number of amides is 1. The maximum atomic E-state index is 12.7. The van der Waals surface area contributed by atoms with Gasteiger partial charge in [-0.25, -0.2) is 0 Å². The van der Waals surface area contributed by atoms with Crippen LogP contribution in [-0.2, 0) is 12.7 Å². The maximum absolute atomic E-state index is 12.7. The van der Waals surface area contributed by atoms with Crippen LogP contribution in [0.3, 0.4) is 0 Å². The summed E-state index contributed by atoms with van der Waals surface area (Å²) in [7, 11) is 0. The van der Waals surface area contributed by atoms with Gasteiger partial charge < -0.3 is 11.1 Å². The second-order valence-electron chi connectivity index (χ2n) is 3.78. The second-order valence-corrected chi connectivity index (χ2v) is 4.79. The van der Waals surface area contributed by atoms with Crippen LogP contribution in [0.2, 0.25) is 0 Å². The summed E-state index contributed by atoms with van der Waals surface area (Å²) in [6.45, 7) is -0.256. The van der Waals surface area contributed by atoms with Crippen LogP contribution < -0.4 is 11.1 Å². The predicted molar refractivity (Wildman–Crippen MR) is 66.9 cm³/mol. The molecule has 0 saturated heterocycles. The van der Waals surface area contributed by atoms with E-state index in [1.165, 1.54) is 18.2 Å². The number of nitrogens with two attached hydrogens (primary N) is 1. The molecule has 2 rings (SSSR count). The molecule has 1 aromatic heterocycles. The number of benzene rings is 1. The summed E-state index contributed by atoms with van der Waals surface area (Å²) in [4.78, 5) is 11.7. The molecule has 0 aliphatic carbocycles. The summed E-state index contributed by atoms with van der Waals surface area (Å²) in [6, 6.07) is 5.03. The number of carbonyl (C=O) groups excluding carboxylic acids is 1. The Bertz CT molecular complexity index is 626. The number of carbonyl (C=O) groups is 1. The van der Waals surface area contributed by atoms with Crippen LogP contribution >= 0.6 is 11.3 Å². The minimum absolute atomic E-state index is 0.00647. The normalized spacial score (nSPS) is 11.3. The Labute approximate surface area is 115 Å². The van der Waals surface area contributed by atoms with Crippen molar-refractivity contribution in [2.24, 2.45) is 0 Å². The summed E-state index contributed by atoms with van der Waals surface area (Å²) in [5.41, 5.74) is 4.52. The van der Waals surface area contributed by atoms with E-state index in [1.807, 2.05) is 0 Å². The van der Waals surface area contributed by atoms with Crippen molar-refractivity contribution >= 4 is 22.4 Å². The molecule has 0 atom stereocenters. The number of hydrogen-bond acceptors (Lipinski definition) is 5. The van der Waals surface area contributed by atoms with E-state index in [-0.39, 0.29) is 22.2 Å². The van der Waals surface area contributed by atoms with Crippen LogP contribution in [0.5, 0.6) is 0 Å². The lowest BCUT2D eigenvalue weighted by molar-refractivity contribution is -0.138. The van der Waals surface area contributed by atoms with Gasteiger partial charge in [-0.05, 0) is 11.6 Å². The molecular formula is C11H9F3N4OS. The molecule has 0 aliphatic heterocycles. The van der Waals surface area contributed by atoms with E-state index in [9.17, 15) is 18.0 Å². The predicted octanol–water partition coefficient (Wildman–Crippen LogP) is 2.07. The number of nitrogen functional groups attached to an aromatic ring is 1. The quantitative estimate of drug-likeness (QED) is 0.909. The van der Waals surface area contributed by atoms with Gasteiger partial charge in [0.1, 0.15) is 0 Å². The third kappa shape index (κ3) is 3.23. The molecule has 3 N–H and O–H groups in total. The van der Waals surface area contributed by atoms with Gasteiger partial charge in [0.25, 0.3) is 5.91 Å². The Morgan fingerprint density at radius 2 is 2.00 bits per heavy atom. The van der Waals surface area contributed by atoms with Crippen molar-refractivity contribution in [3.05, 3.63) is 40.4 Å². The van der Waals surface area contributed by atoms with E-state index >= 15 is 0 Å². The van der Waals surface area contributed by atoms with E-state index in [4.69, 9.17) is 5.73 Å². The smallest absolute Gasteiger partial charge is 0.374 e. The van der Waals surface area contributed by atoms with Crippen molar-refractivity contribution in [2.75, 3.05) is 5.73 Å². The summed E-state index contributed by atoms with van der Waals surface area (Å²) in [6.07, 6.45) is -4.46. The topological polar surface area (TPSA) is 80.9 Å². The number of anilines is 1. The summed E-state index contributed by atoms with van der Waals surface area (Å²) in [5, 5.41) is 9.44. The van der Waals surface area contributed by atoms with Crippen LogP contribution in [0.1, 0.15) is 20.9 Å². The SMILES string of the molecule is Nc1nnc(C(=O)NCc2ccccc2C(F)(F)F)s1. The molecule has 0 spiro atoms. The van der Waals surface area contributed by atoms with Gasteiger partial charge in [0, 0.05) is 6.54 Å². The lowest BCUT2D eigenvalue weighted by Gasteiger charge is -2.12. The van der Waals surface area contributed by atoms with Gasteiger partial charge in [0.05, 0.1) is 5.56 Å². The second kappa shape index (κ2) is 5.45. The number of halogens is 3. The highest BCUT2D eigenvalue weighted by Gasteiger charge is 2.32. The molecule has 1 heterocycles. The first-order valence-electron chi connectivity index (χ1n) is 5.40. The lowest BCUT2D eigenvalue weighted by atomic mass is 10.1. The van der Waals surface area contributed by atoms with Gasteiger partial charge in [0.2, 0.25) is 10.1 Å². The minimum Gasteiger partial charge on any atom is -0.374 e. The summed E-state index contributed by atoms with van der Waals surface area (Å²) >= 11 is 0.862. The zero-order chi connectivity index (χ0) is 14.8. The highest BCUT2D eigenvalue weighted by Crippen LogP contribution is 2.31. The summed E-state index contributed by atoms with van der Waals surface area (Å²) in [5.74, 6) is -0.615. The molecule has 9 heteroatoms. The van der Waals surface area contributed by atoms with E-state index in [1.54, 1.807) is 0 Å². The van der Waals surface area contributed by atoms with E-state index in [0.717, 1.165) is 17.4 Å². The fourth-order valence-corrected chi connectivity index (χ4v) is 2.05. The zero-order valence-electron chi connectivity index (χ0n) is 9.94. The van der Waals surface area contributed by atoms with Crippen LogP contribution in [0, 0.1) is 0 Å². The Hall–Kier alpha value is -2.16. The van der Waals surface area contributed by atoms with Crippen molar-refractivity contribution in [1.29, 1.82) is 0 Å². The Morgan fingerprint density at radius 3 is 2.60 bits per heavy atom. The van der Waals surface area contributed by atoms with Gasteiger partial charge in [-0.1, -0.05) is 29.5 Å². The maximum Gasteiger partial charge on any atom is 0.416 e. The molecule has 0 bridgehead atoms. The Balaban J connectivity index is 2.10. The molecule has 106 valence electrons. The largest absolute Gasteiger partial charge is 0.416 e. The number of hydrogen-bond donors (Lipinski definition) is 2. The molecule has 2 aromatic rings.